The zero-order valence-electron chi connectivity index (χ0n) is 12.8. The fourth-order valence-electron chi connectivity index (χ4n) is 1.98. The van der Waals surface area contributed by atoms with Gasteiger partial charge in [-0.3, -0.25) is 0 Å². The van der Waals surface area contributed by atoms with Gasteiger partial charge in [0.1, 0.15) is 6.04 Å². The number of carboxylic acid groups (broad SMARTS) is 1. The molecule has 1 rings (SSSR count). The monoisotopic (exact) mass is 292 g/mol. The van der Waals surface area contributed by atoms with E-state index in [-0.39, 0.29) is 5.92 Å². The highest BCUT2D eigenvalue weighted by Crippen LogP contribution is 2.06. The normalized spacial score (nSPS) is 12.0. The molecule has 5 heteroatoms. The van der Waals surface area contributed by atoms with Crippen LogP contribution in [0.15, 0.2) is 24.3 Å². The molecule has 0 radical (unpaired) electrons. The van der Waals surface area contributed by atoms with E-state index in [0.29, 0.717) is 13.0 Å². The lowest BCUT2D eigenvalue weighted by molar-refractivity contribution is -0.139. The maximum atomic E-state index is 11.8. The van der Waals surface area contributed by atoms with E-state index in [4.69, 9.17) is 5.11 Å². The van der Waals surface area contributed by atoms with Gasteiger partial charge < -0.3 is 15.7 Å². The van der Waals surface area contributed by atoms with Gasteiger partial charge in [-0.05, 0) is 29.9 Å². The average molecular weight is 292 g/mol. The molecule has 0 fully saturated rings. The average Bonchev–Trinajstić information content (AvgIpc) is 2.44. The molecule has 0 unspecified atom stereocenters. The summed E-state index contributed by atoms with van der Waals surface area (Å²) >= 11 is 0. The molecule has 116 valence electrons. The van der Waals surface area contributed by atoms with Crippen molar-refractivity contribution in [1.29, 1.82) is 0 Å². The number of hydrogen-bond donors (Lipinski definition) is 3. The van der Waals surface area contributed by atoms with Gasteiger partial charge in [0.15, 0.2) is 0 Å². The number of carbonyl (C=O) groups is 2. The molecule has 0 heterocycles. The van der Waals surface area contributed by atoms with Gasteiger partial charge in [-0.2, -0.15) is 0 Å². The molecule has 5 nitrogen and oxygen atoms in total. The van der Waals surface area contributed by atoms with Crippen LogP contribution in [0.2, 0.25) is 0 Å². The Morgan fingerprint density at radius 2 is 1.71 bits per heavy atom. The Bertz CT molecular complexity index is 469. The van der Waals surface area contributed by atoms with Crippen LogP contribution in [-0.4, -0.2) is 23.1 Å². The Kier molecular flexibility index (Phi) is 6.72. The van der Waals surface area contributed by atoms with E-state index in [9.17, 15) is 9.59 Å². The summed E-state index contributed by atoms with van der Waals surface area (Å²) in [5, 5.41) is 14.2. The number of aryl methyl sites for hydroxylation is 1. The molecule has 21 heavy (non-hydrogen) atoms. The number of amides is 2. The Balaban J connectivity index is 2.46. The van der Waals surface area contributed by atoms with Gasteiger partial charge >= 0.3 is 12.0 Å². The molecule has 0 saturated carbocycles. The maximum Gasteiger partial charge on any atom is 0.326 e. The lowest BCUT2D eigenvalue weighted by atomic mass is 10.0. The van der Waals surface area contributed by atoms with Crippen molar-refractivity contribution in [3.8, 4) is 0 Å². The van der Waals surface area contributed by atoms with Gasteiger partial charge in [0.2, 0.25) is 0 Å². The number of aliphatic carboxylic acids is 1. The summed E-state index contributed by atoms with van der Waals surface area (Å²) in [5.74, 6) is -0.806. The standard InChI is InChI=1S/C16H24N2O3/c1-4-12-5-7-13(8-6-12)10-17-16(21)18-14(15(19)20)9-11(2)3/h5-8,11,14H,4,9-10H2,1-3H3,(H,19,20)(H2,17,18,21)/t14-/m1/s1. The SMILES string of the molecule is CCc1ccc(CNC(=O)N[C@H](CC(C)C)C(=O)O)cc1. The van der Waals surface area contributed by atoms with Crippen molar-refractivity contribution in [2.24, 2.45) is 5.92 Å². The van der Waals surface area contributed by atoms with Crippen LogP contribution in [0.4, 0.5) is 4.79 Å². The number of hydrogen-bond acceptors (Lipinski definition) is 2. The summed E-state index contributed by atoms with van der Waals surface area (Å²) in [6, 6.07) is 6.65. The molecular weight excluding hydrogens is 268 g/mol. The highest BCUT2D eigenvalue weighted by atomic mass is 16.4. The summed E-state index contributed by atoms with van der Waals surface area (Å²) in [6.07, 6.45) is 1.39. The van der Waals surface area contributed by atoms with Crippen LogP contribution in [0, 0.1) is 5.92 Å². The minimum absolute atomic E-state index is 0.202. The molecule has 0 aromatic heterocycles. The Morgan fingerprint density at radius 1 is 1.14 bits per heavy atom. The molecule has 1 aromatic carbocycles. The Hall–Kier alpha value is -2.04. The Morgan fingerprint density at radius 3 is 2.19 bits per heavy atom. The van der Waals surface area contributed by atoms with Gasteiger partial charge in [0.05, 0.1) is 0 Å². The van der Waals surface area contributed by atoms with E-state index < -0.39 is 18.0 Å². The lowest BCUT2D eigenvalue weighted by Crippen LogP contribution is -2.46. The summed E-state index contributed by atoms with van der Waals surface area (Å²) in [7, 11) is 0. The van der Waals surface area contributed by atoms with Crippen molar-refractivity contribution in [1.82, 2.24) is 10.6 Å². The minimum Gasteiger partial charge on any atom is -0.480 e. The van der Waals surface area contributed by atoms with Crippen molar-refractivity contribution in [2.45, 2.75) is 46.2 Å². The first kappa shape index (κ1) is 17.0. The molecule has 0 spiro atoms. The van der Waals surface area contributed by atoms with Crippen molar-refractivity contribution in [3.63, 3.8) is 0 Å². The first-order valence-electron chi connectivity index (χ1n) is 7.27. The number of carbonyl (C=O) groups excluding carboxylic acids is 1. The lowest BCUT2D eigenvalue weighted by Gasteiger charge is -2.17. The second-order valence-corrected chi connectivity index (χ2v) is 5.52. The van der Waals surface area contributed by atoms with Gasteiger partial charge in [-0.25, -0.2) is 9.59 Å². The van der Waals surface area contributed by atoms with E-state index in [0.717, 1.165) is 12.0 Å². The van der Waals surface area contributed by atoms with E-state index in [2.05, 4.69) is 17.6 Å². The third kappa shape index (κ3) is 6.29. The molecule has 1 aromatic rings. The maximum absolute atomic E-state index is 11.8. The van der Waals surface area contributed by atoms with Crippen LogP contribution in [0.3, 0.4) is 0 Å². The first-order valence-corrected chi connectivity index (χ1v) is 7.27. The fraction of sp³-hybridized carbons (Fsp3) is 0.500. The fourth-order valence-corrected chi connectivity index (χ4v) is 1.98. The second kappa shape index (κ2) is 8.29. The molecule has 0 aliphatic carbocycles. The highest BCUT2D eigenvalue weighted by Gasteiger charge is 2.20. The summed E-state index contributed by atoms with van der Waals surface area (Å²) in [6.45, 7) is 6.31. The number of urea groups is 1. The van der Waals surface area contributed by atoms with Crippen LogP contribution in [-0.2, 0) is 17.8 Å². The molecule has 0 aliphatic heterocycles. The predicted octanol–water partition coefficient (Wildman–Crippen LogP) is 2.55. The smallest absolute Gasteiger partial charge is 0.326 e. The predicted molar refractivity (Wildman–Crippen MR) is 82.1 cm³/mol. The van der Waals surface area contributed by atoms with Gasteiger partial charge in [0.25, 0.3) is 0 Å². The Labute approximate surface area is 125 Å². The molecule has 0 saturated heterocycles. The molecule has 2 amide bonds. The molecular formula is C16H24N2O3. The molecule has 1 atom stereocenters. The molecule has 3 N–H and O–H groups in total. The zero-order chi connectivity index (χ0) is 15.8. The van der Waals surface area contributed by atoms with Crippen LogP contribution >= 0.6 is 0 Å². The van der Waals surface area contributed by atoms with Crippen molar-refractivity contribution >= 4 is 12.0 Å². The third-order valence-electron chi connectivity index (χ3n) is 3.19. The quantitative estimate of drug-likeness (QED) is 0.722. The van der Waals surface area contributed by atoms with Crippen LogP contribution in [0.1, 0.15) is 38.3 Å². The van der Waals surface area contributed by atoms with Gasteiger partial charge in [-0.1, -0.05) is 45.0 Å². The second-order valence-electron chi connectivity index (χ2n) is 5.52. The number of nitrogens with one attached hydrogen (secondary N) is 2. The topological polar surface area (TPSA) is 78.4 Å². The van der Waals surface area contributed by atoms with Crippen LogP contribution in [0.25, 0.3) is 0 Å². The van der Waals surface area contributed by atoms with E-state index in [1.165, 1.54) is 5.56 Å². The van der Waals surface area contributed by atoms with E-state index in [1.807, 2.05) is 38.1 Å². The van der Waals surface area contributed by atoms with Crippen molar-refractivity contribution in [2.75, 3.05) is 0 Å². The summed E-state index contributed by atoms with van der Waals surface area (Å²) in [5.41, 5.74) is 2.23. The van der Waals surface area contributed by atoms with Gasteiger partial charge in [-0.15, -0.1) is 0 Å². The number of benzene rings is 1. The van der Waals surface area contributed by atoms with Crippen molar-refractivity contribution in [3.05, 3.63) is 35.4 Å². The summed E-state index contributed by atoms with van der Waals surface area (Å²) < 4.78 is 0. The van der Waals surface area contributed by atoms with Crippen LogP contribution in [0.5, 0.6) is 0 Å². The largest absolute Gasteiger partial charge is 0.480 e. The molecule has 0 aliphatic rings. The number of rotatable bonds is 7. The molecule has 0 bridgehead atoms. The van der Waals surface area contributed by atoms with Crippen molar-refractivity contribution < 1.29 is 14.7 Å². The van der Waals surface area contributed by atoms with Gasteiger partial charge in [0, 0.05) is 6.54 Å². The van der Waals surface area contributed by atoms with E-state index in [1.54, 1.807) is 0 Å². The summed E-state index contributed by atoms with van der Waals surface area (Å²) in [4.78, 5) is 22.8. The first-order chi connectivity index (χ1) is 9.92. The minimum atomic E-state index is -1.01. The third-order valence-corrected chi connectivity index (χ3v) is 3.19. The van der Waals surface area contributed by atoms with Crippen LogP contribution < -0.4 is 10.6 Å². The zero-order valence-corrected chi connectivity index (χ0v) is 12.8. The van der Waals surface area contributed by atoms with E-state index >= 15 is 0 Å². The number of carboxylic acids is 1. The highest BCUT2D eigenvalue weighted by molar-refractivity contribution is 5.82.